The Hall–Kier alpha value is -1.90. The van der Waals surface area contributed by atoms with Gasteiger partial charge in [-0.05, 0) is 26.8 Å². The number of aryl methyl sites for hydroxylation is 2. The van der Waals surface area contributed by atoms with Gasteiger partial charge in [-0.2, -0.15) is 0 Å². The summed E-state index contributed by atoms with van der Waals surface area (Å²) in [5, 5.41) is 0. The number of aldehydes is 1. The van der Waals surface area contributed by atoms with Crippen LogP contribution >= 0.6 is 0 Å². The number of hydrogen-bond acceptors (Lipinski definition) is 3. The van der Waals surface area contributed by atoms with Gasteiger partial charge in [0.15, 0.2) is 6.29 Å². The molecule has 0 saturated heterocycles. The molecule has 0 atom stereocenters. The van der Waals surface area contributed by atoms with Crippen LogP contribution in [0.2, 0.25) is 0 Å². The highest BCUT2D eigenvalue weighted by Crippen LogP contribution is 1.99. The molecule has 0 aliphatic rings. The van der Waals surface area contributed by atoms with Gasteiger partial charge in [0, 0.05) is 7.05 Å². The fourth-order valence-corrected chi connectivity index (χ4v) is 1.09. The van der Waals surface area contributed by atoms with Crippen LogP contribution in [0.15, 0.2) is 41.4 Å². The monoisotopic (exact) mass is 247 g/mol. The zero-order valence-electron chi connectivity index (χ0n) is 11.5. The van der Waals surface area contributed by atoms with Crippen LogP contribution in [0.1, 0.15) is 18.1 Å². The number of rotatable bonds is 3. The van der Waals surface area contributed by atoms with Crippen LogP contribution in [0.5, 0.6) is 0 Å². The van der Waals surface area contributed by atoms with Gasteiger partial charge in [0.2, 0.25) is 5.90 Å². The first-order chi connectivity index (χ1) is 8.63. The molecule has 0 heterocycles. The number of hydrogen-bond donors (Lipinski definition) is 0. The molecule has 0 saturated carbocycles. The molecular weight excluding hydrogens is 226 g/mol. The lowest BCUT2D eigenvalue weighted by atomic mass is 10.2. The topological polar surface area (TPSA) is 38.7 Å². The minimum absolute atomic E-state index is 0.0665. The van der Waals surface area contributed by atoms with Gasteiger partial charge in [-0.15, -0.1) is 0 Å². The second kappa shape index (κ2) is 10.3. The molecule has 0 spiro atoms. The number of aliphatic imine (C=N–C) groups is 1. The molecule has 0 aliphatic heterocycles. The van der Waals surface area contributed by atoms with E-state index < -0.39 is 0 Å². The van der Waals surface area contributed by atoms with Crippen LogP contribution in [-0.4, -0.2) is 25.8 Å². The third-order valence-electron chi connectivity index (χ3n) is 2.05. The Balaban J connectivity index is 0.000000327. The quantitative estimate of drug-likeness (QED) is 0.467. The van der Waals surface area contributed by atoms with Crippen molar-refractivity contribution in [1.82, 2.24) is 0 Å². The summed E-state index contributed by atoms with van der Waals surface area (Å²) in [6.07, 6.45) is 4.19. The van der Waals surface area contributed by atoms with E-state index in [0.717, 1.165) is 0 Å². The van der Waals surface area contributed by atoms with E-state index in [4.69, 9.17) is 4.74 Å². The molecule has 1 aromatic carbocycles. The maximum Gasteiger partial charge on any atom is 0.208 e. The van der Waals surface area contributed by atoms with Crippen molar-refractivity contribution < 1.29 is 9.53 Å². The lowest BCUT2D eigenvalue weighted by molar-refractivity contribution is -0.109. The molecule has 0 amide bonds. The molecule has 0 N–H and O–H groups in total. The van der Waals surface area contributed by atoms with Gasteiger partial charge in [-0.3, -0.25) is 9.79 Å². The first-order valence-corrected chi connectivity index (χ1v) is 5.83. The van der Waals surface area contributed by atoms with Crippen molar-refractivity contribution in [2.45, 2.75) is 20.8 Å². The van der Waals surface area contributed by atoms with Crippen LogP contribution in [0, 0.1) is 13.8 Å². The van der Waals surface area contributed by atoms with E-state index in [-0.39, 0.29) is 6.61 Å². The number of carbonyl (C=O) groups excluding carboxylic acids is 1. The molecule has 1 rings (SSSR count). The van der Waals surface area contributed by atoms with Crippen molar-refractivity contribution in [3.63, 3.8) is 0 Å². The maximum absolute atomic E-state index is 9.83. The van der Waals surface area contributed by atoms with Crippen LogP contribution < -0.4 is 0 Å². The second-order valence-electron chi connectivity index (χ2n) is 3.69. The van der Waals surface area contributed by atoms with Gasteiger partial charge in [0.1, 0.15) is 6.61 Å². The van der Waals surface area contributed by atoms with Crippen molar-refractivity contribution >= 4 is 12.2 Å². The lowest BCUT2D eigenvalue weighted by Crippen LogP contribution is -2.03. The van der Waals surface area contributed by atoms with E-state index in [1.165, 1.54) is 11.1 Å². The molecular formula is C15H21NO2. The Labute approximate surface area is 109 Å². The highest BCUT2D eigenvalue weighted by atomic mass is 16.5. The number of ether oxygens (including phenoxy) is 1. The molecule has 0 fully saturated rings. The molecule has 1 aromatic rings. The smallest absolute Gasteiger partial charge is 0.208 e. The maximum atomic E-state index is 9.83. The van der Waals surface area contributed by atoms with Crippen LogP contribution in [0.25, 0.3) is 0 Å². The summed E-state index contributed by atoms with van der Waals surface area (Å²) in [4.78, 5) is 13.6. The summed E-state index contributed by atoms with van der Waals surface area (Å²) in [7, 11) is 1.61. The van der Waals surface area contributed by atoms with Gasteiger partial charge in [-0.1, -0.05) is 41.5 Å². The van der Waals surface area contributed by atoms with Gasteiger partial charge in [0.25, 0.3) is 0 Å². The van der Waals surface area contributed by atoms with Gasteiger partial charge < -0.3 is 4.74 Å². The Bertz CT molecular complexity index is 370. The van der Waals surface area contributed by atoms with Gasteiger partial charge in [0.05, 0.1) is 0 Å². The third kappa shape index (κ3) is 8.28. The molecule has 3 heteroatoms. The summed E-state index contributed by atoms with van der Waals surface area (Å²) in [5.41, 5.74) is 2.66. The highest BCUT2D eigenvalue weighted by molar-refractivity contribution is 5.88. The molecule has 0 radical (unpaired) electrons. The molecule has 0 aromatic heterocycles. The average molecular weight is 247 g/mol. The van der Waals surface area contributed by atoms with Crippen molar-refractivity contribution in [2.24, 2.45) is 4.99 Å². The van der Waals surface area contributed by atoms with Gasteiger partial charge in [-0.25, -0.2) is 0 Å². The van der Waals surface area contributed by atoms with Gasteiger partial charge >= 0.3 is 0 Å². The number of carbonyl (C=O) groups is 1. The second-order valence-corrected chi connectivity index (χ2v) is 3.69. The van der Waals surface area contributed by atoms with E-state index >= 15 is 0 Å². The minimum atomic E-state index is 0.0665. The SMILES string of the molecule is C/C=C\C(=NC)OCC=O.Cc1ccc(C)cc1. The summed E-state index contributed by atoms with van der Waals surface area (Å²) >= 11 is 0. The molecule has 3 nitrogen and oxygen atoms in total. The minimum Gasteiger partial charge on any atom is -0.470 e. The highest BCUT2D eigenvalue weighted by Gasteiger charge is 1.89. The Morgan fingerprint density at radius 3 is 2.06 bits per heavy atom. The number of nitrogens with zero attached hydrogens (tertiary/aromatic N) is 1. The van der Waals surface area contributed by atoms with Crippen LogP contribution in [0.4, 0.5) is 0 Å². The molecule has 98 valence electrons. The first kappa shape index (κ1) is 16.1. The van der Waals surface area contributed by atoms with E-state index in [0.29, 0.717) is 12.2 Å². The Morgan fingerprint density at radius 1 is 1.22 bits per heavy atom. The lowest BCUT2D eigenvalue weighted by Gasteiger charge is -1.97. The largest absolute Gasteiger partial charge is 0.470 e. The summed E-state index contributed by atoms with van der Waals surface area (Å²) in [5.74, 6) is 0.481. The summed E-state index contributed by atoms with van der Waals surface area (Å²) in [6, 6.07) is 8.48. The van der Waals surface area contributed by atoms with E-state index in [9.17, 15) is 4.79 Å². The van der Waals surface area contributed by atoms with E-state index in [2.05, 4.69) is 43.1 Å². The number of allylic oxidation sites excluding steroid dienone is 1. The predicted octanol–water partition coefficient (Wildman–Crippen LogP) is 3.11. The fourth-order valence-electron chi connectivity index (χ4n) is 1.09. The Kier molecular flexibility index (Phi) is 9.18. The molecule has 0 bridgehead atoms. The molecule has 0 unspecified atom stereocenters. The first-order valence-electron chi connectivity index (χ1n) is 5.83. The Morgan fingerprint density at radius 2 is 1.72 bits per heavy atom. The zero-order chi connectivity index (χ0) is 13.8. The predicted molar refractivity (Wildman–Crippen MR) is 76.1 cm³/mol. The van der Waals surface area contributed by atoms with Crippen molar-refractivity contribution in [2.75, 3.05) is 13.7 Å². The van der Waals surface area contributed by atoms with E-state index in [1.807, 2.05) is 6.92 Å². The van der Waals surface area contributed by atoms with Crippen LogP contribution in [0.3, 0.4) is 0 Å². The summed E-state index contributed by atoms with van der Waals surface area (Å²) in [6.45, 7) is 6.12. The van der Waals surface area contributed by atoms with Crippen molar-refractivity contribution in [1.29, 1.82) is 0 Å². The third-order valence-corrected chi connectivity index (χ3v) is 2.05. The standard InChI is InChI=1S/C8H10.C7H11NO2/c1-7-3-5-8(2)6-4-7;1-3-4-7(8-2)10-6-5-9/h3-6H,1-2H3;3-5H,6H2,1-2H3/b;4-3-,8-7?. The summed E-state index contributed by atoms with van der Waals surface area (Å²) < 4.78 is 4.88. The van der Waals surface area contributed by atoms with Crippen molar-refractivity contribution in [3.8, 4) is 0 Å². The average Bonchev–Trinajstić information content (AvgIpc) is 2.39. The van der Waals surface area contributed by atoms with E-state index in [1.54, 1.807) is 19.2 Å². The molecule has 0 aliphatic carbocycles. The number of benzene rings is 1. The normalized spacial score (nSPS) is 10.8. The van der Waals surface area contributed by atoms with Crippen LogP contribution in [-0.2, 0) is 9.53 Å². The zero-order valence-corrected chi connectivity index (χ0v) is 11.5. The van der Waals surface area contributed by atoms with Crippen molar-refractivity contribution in [3.05, 3.63) is 47.5 Å². The molecule has 18 heavy (non-hydrogen) atoms. The fraction of sp³-hybridized carbons (Fsp3) is 0.333.